The van der Waals surface area contributed by atoms with E-state index in [1.165, 1.54) is 10.6 Å². The van der Waals surface area contributed by atoms with Crippen LogP contribution in [0.4, 0.5) is 5.82 Å². The van der Waals surface area contributed by atoms with Gasteiger partial charge in [-0.05, 0) is 26.7 Å². The Morgan fingerprint density at radius 2 is 2.14 bits per heavy atom. The fraction of sp³-hybridized carbons (Fsp3) is 0.600. The molecule has 0 aliphatic carbocycles. The molecule has 0 spiro atoms. The van der Waals surface area contributed by atoms with E-state index >= 15 is 0 Å². The van der Waals surface area contributed by atoms with Crippen molar-refractivity contribution in [3.63, 3.8) is 0 Å². The Bertz CT molecular complexity index is 678. The summed E-state index contributed by atoms with van der Waals surface area (Å²) in [6.07, 6.45) is 1.94. The van der Waals surface area contributed by atoms with Crippen LogP contribution in [0, 0.1) is 11.8 Å². The maximum Gasteiger partial charge on any atom is 0.333 e. The van der Waals surface area contributed by atoms with E-state index < -0.39 is 0 Å². The molecular weight excluding hydrogens is 268 g/mol. The molecule has 1 saturated heterocycles. The van der Waals surface area contributed by atoms with Gasteiger partial charge in [0.25, 0.3) is 5.56 Å². The van der Waals surface area contributed by atoms with Gasteiger partial charge in [-0.2, -0.15) is 0 Å². The average molecular weight is 290 g/mol. The lowest BCUT2D eigenvalue weighted by atomic mass is 10.1. The summed E-state index contributed by atoms with van der Waals surface area (Å²) >= 11 is 0. The van der Waals surface area contributed by atoms with Crippen LogP contribution in [0.3, 0.4) is 0 Å². The third-order valence-electron chi connectivity index (χ3n) is 3.77. The topological polar surface area (TPSA) is 73.3 Å². The normalized spacial score (nSPS) is 18.2. The van der Waals surface area contributed by atoms with E-state index in [0.29, 0.717) is 18.9 Å². The molecule has 0 bridgehead atoms. The second kappa shape index (κ2) is 6.64. The summed E-state index contributed by atoms with van der Waals surface area (Å²) in [7, 11) is 0. The number of nitrogens with zero attached hydrogens (tertiary/aromatic N) is 3. The van der Waals surface area contributed by atoms with E-state index in [-0.39, 0.29) is 23.8 Å². The monoisotopic (exact) mass is 290 g/mol. The minimum Gasteiger partial charge on any atom is -0.356 e. The number of hydrogen-bond donors (Lipinski definition) is 1. The van der Waals surface area contributed by atoms with Crippen molar-refractivity contribution in [3.8, 4) is 11.8 Å². The van der Waals surface area contributed by atoms with Crippen LogP contribution in [-0.4, -0.2) is 28.3 Å². The van der Waals surface area contributed by atoms with Gasteiger partial charge in [0.15, 0.2) is 0 Å². The van der Waals surface area contributed by atoms with E-state index in [2.05, 4.69) is 11.8 Å². The van der Waals surface area contributed by atoms with Gasteiger partial charge >= 0.3 is 5.69 Å². The first kappa shape index (κ1) is 15.4. The van der Waals surface area contributed by atoms with Crippen molar-refractivity contribution in [3.05, 3.63) is 26.9 Å². The van der Waals surface area contributed by atoms with E-state index in [4.69, 9.17) is 5.73 Å². The zero-order valence-corrected chi connectivity index (χ0v) is 12.6. The van der Waals surface area contributed by atoms with Gasteiger partial charge in [-0.3, -0.25) is 13.9 Å². The van der Waals surface area contributed by atoms with Gasteiger partial charge in [0.1, 0.15) is 5.82 Å². The number of aromatic nitrogens is 2. The van der Waals surface area contributed by atoms with Crippen LogP contribution >= 0.6 is 0 Å². The molecule has 1 atom stereocenters. The molecule has 1 fully saturated rings. The summed E-state index contributed by atoms with van der Waals surface area (Å²) in [5.41, 5.74) is 5.43. The average Bonchev–Trinajstić information content (AvgIpc) is 2.46. The van der Waals surface area contributed by atoms with Crippen molar-refractivity contribution < 1.29 is 0 Å². The molecule has 6 heteroatoms. The lowest BCUT2D eigenvalue weighted by Gasteiger charge is -2.33. The Morgan fingerprint density at radius 3 is 2.76 bits per heavy atom. The third kappa shape index (κ3) is 3.19. The van der Waals surface area contributed by atoms with Crippen LogP contribution in [-0.2, 0) is 13.1 Å². The Kier molecular flexibility index (Phi) is 4.86. The summed E-state index contributed by atoms with van der Waals surface area (Å²) in [5.74, 6) is 6.33. The highest BCUT2D eigenvalue weighted by atomic mass is 16.2. The standard InChI is InChI=1S/C15H22N4O2/c1-3-5-9-19-13(17-8-6-7-12(16)11-17)10-14(20)18(4-2)15(19)21/h10,12H,4,6-9,11,16H2,1-2H3/t12-/m1/s1. The predicted molar refractivity (Wildman–Crippen MR) is 83.5 cm³/mol. The Morgan fingerprint density at radius 1 is 1.38 bits per heavy atom. The van der Waals surface area contributed by atoms with E-state index in [1.54, 1.807) is 18.4 Å². The largest absolute Gasteiger partial charge is 0.356 e. The van der Waals surface area contributed by atoms with Crippen molar-refractivity contribution >= 4 is 5.82 Å². The summed E-state index contributed by atoms with van der Waals surface area (Å²) in [4.78, 5) is 26.6. The van der Waals surface area contributed by atoms with Crippen LogP contribution in [0.2, 0.25) is 0 Å². The molecule has 2 heterocycles. The van der Waals surface area contributed by atoms with Crippen molar-refractivity contribution in [1.29, 1.82) is 0 Å². The first-order valence-electron chi connectivity index (χ1n) is 7.33. The summed E-state index contributed by atoms with van der Waals surface area (Å²) in [6, 6.07) is 1.61. The van der Waals surface area contributed by atoms with Crippen molar-refractivity contribution in [2.45, 2.75) is 45.8 Å². The van der Waals surface area contributed by atoms with Gasteiger partial charge in [-0.1, -0.05) is 5.92 Å². The van der Waals surface area contributed by atoms with Gasteiger partial charge in [0, 0.05) is 31.7 Å². The predicted octanol–water partition coefficient (Wildman–Crippen LogP) is -0.0193. The first-order valence-corrected chi connectivity index (χ1v) is 7.33. The minimum atomic E-state index is -0.304. The van der Waals surface area contributed by atoms with Crippen LogP contribution in [0.15, 0.2) is 15.7 Å². The number of anilines is 1. The van der Waals surface area contributed by atoms with Gasteiger partial charge < -0.3 is 10.6 Å². The van der Waals surface area contributed by atoms with Crippen molar-refractivity contribution in [2.75, 3.05) is 18.0 Å². The fourth-order valence-electron chi connectivity index (χ4n) is 2.68. The maximum absolute atomic E-state index is 12.5. The highest BCUT2D eigenvalue weighted by Crippen LogP contribution is 2.16. The lowest BCUT2D eigenvalue weighted by molar-refractivity contribution is 0.490. The molecule has 1 aliphatic heterocycles. The fourth-order valence-corrected chi connectivity index (χ4v) is 2.68. The van der Waals surface area contributed by atoms with Crippen LogP contribution < -0.4 is 21.9 Å². The van der Waals surface area contributed by atoms with Crippen molar-refractivity contribution in [2.24, 2.45) is 5.73 Å². The Labute approximate surface area is 124 Å². The number of rotatable bonds is 3. The molecule has 0 aromatic carbocycles. The molecule has 6 nitrogen and oxygen atoms in total. The molecule has 0 saturated carbocycles. The SMILES string of the molecule is CC#CCn1c(N2CCC[C@@H](N)C2)cc(=O)n(CC)c1=O. The highest BCUT2D eigenvalue weighted by Gasteiger charge is 2.21. The molecule has 1 aliphatic rings. The molecule has 1 aromatic rings. The number of nitrogens with two attached hydrogens (primary N) is 1. The molecule has 2 rings (SSSR count). The van der Waals surface area contributed by atoms with Gasteiger partial charge in [0.2, 0.25) is 0 Å². The van der Waals surface area contributed by atoms with E-state index in [1.807, 2.05) is 4.90 Å². The minimum absolute atomic E-state index is 0.0770. The molecule has 0 radical (unpaired) electrons. The van der Waals surface area contributed by atoms with Crippen molar-refractivity contribution in [1.82, 2.24) is 9.13 Å². The van der Waals surface area contributed by atoms with Crippen LogP contribution in [0.1, 0.15) is 26.7 Å². The van der Waals surface area contributed by atoms with E-state index in [9.17, 15) is 9.59 Å². The van der Waals surface area contributed by atoms with Crippen LogP contribution in [0.25, 0.3) is 0 Å². The zero-order valence-electron chi connectivity index (χ0n) is 12.6. The lowest BCUT2D eigenvalue weighted by Crippen LogP contribution is -2.47. The second-order valence-electron chi connectivity index (χ2n) is 5.23. The highest BCUT2D eigenvalue weighted by molar-refractivity contribution is 5.40. The van der Waals surface area contributed by atoms with Crippen LogP contribution in [0.5, 0.6) is 0 Å². The summed E-state index contributed by atoms with van der Waals surface area (Å²) in [5, 5.41) is 0. The summed E-state index contributed by atoms with van der Waals surface area (Å²) in [6.45, 7) is 5.64. The number of hydrogen-bond acceptors (Lipinski definition) is 4. The zero-order chi connectivity index (χ0) is 15.4. The van der Waals surface area contributed by atoms with Gasteiger partial charge in [-0.15, -0.1) is 5.92 Å². The molecule has 0 amide bonds. The Hall–Kier alpha value is -2.00. The maximum atomic E-state index is 12.5. The third-order valence-corrected chi connectivity index (χ3v) is 3.77. The van der Waals surface area contributed by atoms with E-state index in [0.717, 1.165) is 19.4 Å². The molecule has 114 valence electrons. The summed E-state index contributed by atoms with van der Waals surface area (Å²) < 4.78 is 2.80. The molecular formula is C15H22N4O2. The smallest absolute Gasteiger partial charge is 0.333 e. The quantitative estimate of drug-likeness (QED) is 0.794. The van der Waals surface area contributed by atoms with Gasteiger partial charge in [0.05, 0.1) is 6.54 Å². The van der Waals surface area contributed by atoms with Gasteiger partial charge in [-0.25, -0.2) is 4.79 Å². The molecule has 2 N–H and O–H groups in total. The number of piperidine rings is 1. The molecule has 1 aromatic heterocycles. The second-order valence-corrected chi connectivity index (χ2v) is 5.23. The molecule has 21 heavy (non-hydrogen) atoms. The molecule has 0 unspecified atom stereocenters. The first-order chi connectivity index (χ1) is 10.1. The Balaban J connectivity index is 2.54.